The summed E-state index contributed by atoms with van der Waals surface area (Å²) in [4.78, 5) is 4.06. The zero-order valence-electron chi connectivity index (χ0n) is 14.7. The number of nitrogens with zero attached hydrogens (tertiary/aromatic N) is 1. The van der Waals surface area contributed by atoms with Gasteiger partial charge in [-0.05, 0) is 47.2 Å². The van der Waals surface area contributed by atoms with Gasteiger partial charge in [-0.3, -0.25) is 10.4 Å². The van der Waals surface area contributed by atoms with Crippen LogP contribution in [-0.2, 0) is 0 Å². The van der Waals surface area contributed by atoms with Crippen LogP contribution in [0.3, 0.4) is 0 Å². The van der Waals surface area contributed by atoms with Gasteiger partial charge in [0.15, 0.2) is 0 Å². The molecule has 1 aromatic heterocycles. The highest BCUT2D eigenvalue weighted by atomic mass is 32.1. The number of hydrogen-bond donors (Lipinski definition) is 1. The Kier molecular flexibility index (Phi) is 4.77. The van der Waals surface area contributed by atoms with Crippen LogP contribution in [0.2, 0.25) is 0 Å². The van der Waals surface area contributed by atoms with Crippen molar-refractivity contribution >= 4 is 29.5 Å². The highest BCUT2D eigenvalue weighted by Crippen LogP contribution is 2.31. The van der Waals surface area contributed by atoms with Crippen LogP contribution in [-0.4, -0.2) is 12.4 Å². The summed E-state index contributed by atoms with van der Waals surface area (Å²) in [6.07, 6.45) is 0. The summed E-state index contributed by atoms with van der Waals surface area (Å²) in [5.74, 6) is 0. The average Bonchev–Trinajstić information content (AvgIpc) is 3.23. The lowest BCUT2D eigenvalue weighted by Gasteiger charge is -2.12. The molecule has 0 bridgehead atoms. The topological polar surface area (TPSA) is 36.2 Å². The van der Waals surface area contributed by atoms with E-state index >= 15 is 0 Å². The third kappa shape index (κ3) is 3.50. The lowest BCUT2D eigenvalue weighted by atomic mass is 9.93. The molecule has 1 N–H and O–H groups in total. The Labute approximate surface area is 163 Å². The summed E-state index contributed by atoms with van der Waals surface area (Å²) in [6, 6.07) is 26.9. The zero-order chi connectivity index (χ0) is 18.6. The Balaban J connectivity index is 1.88. The van der Waals surface area contributed by atoms with E-state index in [1.165, 1.54) is 0 Å². The fraction of sp³-hybridized carbons (Fsp3) is 0. The van der Waals surface area contributed by atoms with E-state index in [0.29, 0.717) is 5.71 Å². The van der Waals surface area contributed by atoms with Crippen molar-refractivity contribution in [2.24, 2.45) is 4.99 Å². The Morgan fingerprint density at radius 1 is 0.741 bits per heavy atom. The number of thiophene rings is 1. The molecule has 0 saturated carbocycles. The van der Waals surface area contributed by atoms with Crippen molar-refractivity contribution < 1.29 is 0 Å². The third-order valence-corrected chi connectivity index (χ3v) is 5.25. The van der Waals surface area contributed by atoms with Gasteiger partial charge < -0.3 is 0 Å². The molecule has 3 aromatic carbocycles. The van der Waals surface area contributed by atoms with Crippen LogP contribution in [0.15, 0.2) is 94.6 Å². The smallest absolute Gasteiger partial charge is 0.0823 e. The van der Waals surface area contributed by atoms with Crippen LogP contribution in [0.5, 0.6) is 0 Å². The molecule has 27 heavy (non-hydrogen) atoms. The van der Waals surface area contributed by atoms with E-state index in [1.54, 1.807) is 11.3 Å². The minimum Gasteiger partial charge on any atom is -0.300 e. The number of nitrogens with one attached hydrogen (secondary N) is 1. The molecule has 0 saturated heterocycles. The maximum Gasteiger partial charge on any atom is 0.0823 e. The molecule has 0 unspecified atom stereocenters. The Bertz CT molecular complexity index is 1040. The van der Waals surface area contributed by atoms with Crippen molar-refractivity contribution in [2.45, 2.75) is 0 Å². The van der Waals surface area contributed by atoms with Crippen LogP contribution >= 0.6 is 11.3 Å². The van der Waals surface area contributed by atoms with Gasteiger partial charge in [-0.2, -0.15) is 0 Å². The fourth-order valence-electron chi connectivity index (χ4n) is 3.12. The number of aliphatic imine (C=N–C) groups is 1. The van der Waals surface area contributed by atoms with Crippen LogP contribution < -0.4 is 0 Å². The van der Waals surface area contributed by atoms with Gasteiger partial charge in [0.2, 0.25) is 0 Å². The van der Waals surface area contributed by atoms with E-state index in [9.17, 15) is 0 Å². The third-order valence-electron chi connectivity index (χ3n) is 4.52. The van der Waals surface area contributed by atoms with Gasteiger partial charge in [0.1, 0.15) is 0 Å². The summed E-state index contributed by atoms with van der Waals surface area (Å²) in [6.45, 7) is 3.63. The molecule has 0 aliphatic heterocycles. The van der Waals surface area contributed by atoms with E-state index in [0.717, 1.165) is 39.1 Å². The number of hydrogen-bond acceptors (Lipinski definition) is 3. The van der Waals surface area contributed by atoms with Gasteiger partial charge in [0.25, 0.3) is 0 Å². The molecule has 0 atom stereocenters. The molecule has 4 rings (SSSR count). The second-order valence-electron chi connectivity index (χ2n) is 6.23. The molecule has 130 valence electrons. The average molecular weight is 366 g/mol. The Morgan fingerprint density at radius 2 is 1.30 bits per heavy atom. The predicted octanol–water partition coefficient (Wildman–Crippen LogP) is 6.83. The molecular weight excluding hydrogens is 348 g/mol. The fourth-order valence-corrected chi connectivity index (χ4v) is 3.89. The monoisotopic (exact) mass is 366 g/mol. The highest BCUT2D eigenvalue weighted by molar-refractivity contribution is 7.08. The first-order valence-electron chi connectivity index (χ1n) is 8.64. The van der Waals surface area contributed by atoms with Crippen molar-refractivity contribution in [3.63, 3.8) is 0 Å². The maximum absolute atomic E-state index is 8.77. The summed E-state index contributed by atoms with van der Waals surface area (Å²) < 4.78 is 0. The Morgan fingerprint density at radius 3 is 1.81 bits per heavy atom. The largest absolute Gasteiger partial charge is 0.300 e. The first-order valence-corrected chi connectivity index (χ1v) is 9.58. The van der Waals surface area contributed by atoms with Crippen molar-refractivity contribution in [3.8, 4) is 22.3 Å². The van der Waals surface area contributed by atoms with Gasteiger partial charge in [0.05, 0.1) is 11.4 Å². The van der Waals surface area contributed by atoms with E-state index in [1.807, 2.05) is 47.2 Å². The molecule has 1 heterocycles. The van der Waals surface area contributed by atoms with Crippen molar-refractivity contribution in [2.75, 3.05) is 0 Å². The van der Waals surface area contributed by atoms with E-state index < -0.39 is 0 Å². The van der Waals surface area contributed by atoms with E-state index in [-0.39, 0.29) is 0 Å². The molecule has 0 aliphatic rings. The van der Waals surface area contributed by atoms with Crippen LogP contribution in [0, 0.1) is 5.41 Å². The van der Waals surface area contributed by atoms with E-state index in [2.05, 4.69) is 54.2 Å². The molecule has 0 amide bonds. The van der Waals surface area contributed by atoms with Crippen LogP contribution in [0.1, 0.15) is 11.1 Å². The van der Waals surface area contributed by atoms with Gasteiger partial charge in [-0.15, -0.1) is 11.3 Å². The summed E-state index contributed by atoms with van der Waals surface area (Å²) in [5.41, 5.74) is 7.39. The molecular formula is C24H18N2S. The van der Waals surface area contributed by atoms with E-state index in [4.69, 9.17) is 5.41 Å². The maximum atomic E-state index is 8.77. The zero-order valence-corrected chi connectivity index (χ0v) is 15.5. The minimum atomic E-state index is 0.466. The Hall–Kier alpha value is -3.30. The highest BCUT2D eigenvalue weighted by Gasteiger charge is 2.13. The van der Waals surface area contributed by atoms with Crippen molar-refractivity contribution in [1.29, 1.82) is 5.41 Å². The summed E-state index contributed by atoms with van der Waals surface area (Å²) in [5, 5.41) is 12.7. The summed E-state index contributed by atoms with van der Waals surface area (Å²) in [7, 11) is 0. The molecule has 2 nitrogen and oxygen atoms in total. The number of rotatable bonds is 5. The lowest BCUT2D eigenvalue weighted by molar-refractivity contribution is 1.45. The molecule has 0 aliphatic carbocycles. The normalized spacial score (nSPS) is 10.5. The first-order chi connectivity index (χ1) is 13.3. The van der Waals surface area contributed by atoms with Crippen LogP contribution in [0.25, 0.3) is 22.3 Å². The van der Waals surface area contributed by atoms with Crippen molar-refractivity contribution in [1.82, 2.24) is 0 Å². The van der Waals surface area contributed by atoms with Gasteiger partial charge >= 0.3 is 0 Å². The quantitative estimate of drug-likeness (QED) is 0.376. The van der Waals surface area contributed by atoms with Gasteiger partial charge in [-0.25, -0.2) is 0 Å². The first kappa shape index (κ1) is 17.1. The second kappa shape index (κ2) is 7.52. The SMILES string of the molecule is C=Nc1cscc1C(=N)c1cc(-c2ccccc2)cc(-c2ccccc2)c1. The minimum absolute atomic E-state index is 0.466. The molecule has 3 heteroatoms. The summed E-state index contributed by atoms with van der Waals surface area (Å²) >= 11 is 1.54. The molecule has 0 spiro atoms. The van der Waals surface area contributed by atoms with Crippen molar-refractivity contribution in [3.05, 3.63) is 101 Å². The molecule has 4 aromatic rings. The van der Waals surface area contributed by atoms with Gasteiger partial charge in [0, 0.05) is 21.9 Å². The van der Waals surface area contributed by atoms with Gasteiger partial charge in [-0.1, -0.05) is 60.7 Å². The van der Waals surface area contributed by atoms with Crippen LogP contribution in [0.4, 0.5) is 5.69 Å². The molecule has 0 radical (unpaired) electrons. The lowest BCUT2D eigenvalue weighted by Crippen LogP contribution is -2.01. The standard InChI is InChI=1S/C24H18N2S/c1-26-23-16-27-15-22(23)24(25)21-13-19(17-8-4-2-5-9-17)12-20(14-21)18-10-6-3-7-11-18/h2-16,25H,1H2. The predicted molar refractivity (Wildman–Crippen MR) is 117 cm³/mol. The second-order valence-corrected chi connectivity index (χ2v) is 6.98. The molecule has 0 fully saturated rings. The number of benzene rings is 3.